The number of aryl methyl sites for hydroxylation is 1. The third-order valence-corrected chi connectivity index (χ3v) is 3.81. The van der Waals surface area contributed by atoms with Crippen LogP contribution in [0.1, 0.15) is 24.4 Å². The molecule has 3 aromatic rings. The van der Waals surface area contributed by atoms with Crippen LogP contribution in [0.4, 0.5) is 8.78 Å². The number of hydrogen-bond acceptors (Lipinski definition) is 3. The van der Waals surface area contributed by atoms with Crippen molar-refractivity contribution in [3.8, 4) is 11.4 Å². The molecule has 2 aromatic heterocycles. The molecule has 21 heavy (non-hydrogen) atoms. The minimum atomic E-state index is -0.876. The quantitative estimate of drug-likeness (QED) is 0.725. The summed E-state index contributed by atoms with van der Waals surface area (Å²) in [5.74, 6) is -1.02. The average Bonchev–Trinajstić information content (AvgIpc) is 3.23. The van der Waals surface area contributed by atoms with Gasteiger partial charge in [-0.3, -0.25) is 0 Å². The van der Waals surface area contributed by atoms with E-state index in [2.05, 4.69) is 15.2 Å². The lowest BCUT2D eigenvalue weighted by Crippen LogP contribution is -2.00. The third-order valence-electron chi connectivity index (χ3n) is 3.81. The lowest BCUT2D eigenvalue weighted by Gasteiger charge is -2.09. The number of aromatic nitrogens is 4. The molecule has 1 aliphatic rings. The summed E-state index contributed by atoms with van der Waals surface area (Å²) in [6, 6.07) is 2.67. The van der Waals surface area contributed by atoms with E-state index in [4.69, 9.17) is 0 Å². The monoisotopic (exact) mass is 286 g/mol. The highest BCUT2D eigenvalue weighted by Crippen LogP contribution is 2.41. The number of hydrogen-bond donors (Lipinski definition) is 0. The summed E-state index contributed by atoms with van der Waals surface area (Å²) in [5.41, 5.74) is 2.87. The van der Waals surface area contributed by atoms with Gasteiger partial charge < -0.3 is 4.57 Å². The van der Waals surface area contributed by atoms with Crippen LogP contribution in [0.15, 0.2) is 24.5 Å². The maximum atomic E-state index is 13.6. The molecule has 6 heteroatoms. The van der Waals surface area contributed by atoms with Crippen LogP contribution in [-0.4, -0.2) is 19.7 Å². The van der Waals surface area contributed by atoms with Gasteiger partial charge in [-0.05, 0) is 25.3 Å². The van der Waals surface area contributed by atoms with E-state index < -0.39 is 11.6 Å². The van der Waals surface area contributed by atoms with E-state index in [-0.39, 0.29) is 0 Å². The zero-order valence-electron chi connectivity index (χ0n) is 11.3. The molecule has 0 radical (unpaired) electrons. The first-order valence-electron chi connectivity index (χ1n) is 6.80. The Balaban J connectivity index is 2.05. The Bertz CT molecular complexity index is 852. The van der Waals surface area contributed by atoms with Crippen LogP contribution in [-0.2, 0) is 0 Å². The molecule has 0 amide bonds. The molecular weight excluding hydrogens is 274 g/mol. The predicted octanol–water partition coefficient (Wildman–Crippen LogP) is 3.41. The van der Waals surface area contributed by atoms with E-state index in [1.54, 1.807) is 12.4 Å². The van der Waals surface area contributed by atoms with Crippen LogP contribution in [0.3, 0.4) is 0 Å². The van der Waals surface area contributed by atoms with Crippen molar-refractivity contribution in [1.29, 1.82) is 0 Å². The molecule has 0 atom stereocenters. The highest BCUT2D eigenvalue weighted by Gasteiger charge is 2.29. The zero-order valence-corrected chi connectivity index (χ0v) is 11.3. The number of nitrogens with zero attached hydrogens (tertiary/aromatic N) is 4. The van der Waals surface area contributed by atoms with Crippen molar-refractivity contribution < 1.29 is 8.78 Å². The smallest absolute Gasteiger partial charge is 0.161 e. The van der Waals surface area contributed by atoms with Crippen molar-refractivity contribution in [1.82, 2.24) is 19.7 Å². The van der Waals surface area contributed by atoms with Crippen LogP contribution >= 0.6 is 0 Å². The second kappa shape index (κ2) is 4.31. The van der Waals surface area contributed by atoms with Gasteiger partial charge in [0.05, 0.1) is 23.4 Å². The van der Waals surface area contributed by atoms with Crippen molar-refractivity contribution in [2.75, 3.05) is 0 Å². The second-order valence-electron chi connectivity index (χ2n) is 5.38. The van der Waals surface area contributed by atoms with Gasteiger partial charge in [-0.15, -0.1) is 0 Å². The lowest BCUT2D eigenvalue weighted by molar-refractivity contribution is 0.510. The average molecular weight is 286 g/mol. The summed E-state index contributed by atoms with van der Waals surface area (Å²) in [7, 11) is 0. The first-order chi connectivity index (χ1) is 10.1. The lowest BCUT2D eigenvalue weighted by atomic mass is 10.2. The number of benzene rings is 1. The van der Waals surface area contributed by atoms with E-state index in [1.165, 1.54) is 6.07 Å². The van der Waals surface area contributed by atoms with Crippen LogP contribution < -0.4 is 0 Å². The molecule has 1 aliphatic carbocycles. The molecule has 1 aromatic carbocycles. The standard InChI is InChI=1S/C15H12F2N4/c1-8-6-18-19-7-10(8)15-20-13-4-11(16)12(17)5-14(13)21(15)9-2-3-9/h4-7,9H,2-3H2,1H3. The van der Waals surface area contributed by atoms with Gasteiger partial charge in [0.25, 0.3) is 0 Å². The molecule has 0 saturated heterocycles. The van der Waals surface area contributed by atoms with Crippen LogP contribution in [0.5, 0.6) is 0 Å². The van der Waals surface area contributed by atoms with E-state index in [9.17, 15) is 8.78 Å². The summed E-state index contributed by atoms with van der Waals surface area (Å²) >= 11 is 0. The number of rotatable bonds is 2. The van der Waals surface area contributed by atoms with Crippen LogP contribution in [0, 0.1) is 18.6 Å². The van der Waals surface area contributed by atoms with Gasteiger partial charge in [0.2, 0.25) is 0 Å². The van der Waals surface area contributed by atoms with Gasteiger partial charge in [0.1, 0.15) is 5.82 Å². The molecule has 2 heterocycles. The maximum Gasteiger partial charge on any atom is 0.161 e. The fraction of sp³-hybridized carbons (Fsp3) is 0.267. The summed E-state index contributed by atoms with van der Waals surface area (Å²) < 4.78 is 29.0. The van der Waals surface area contributed by atoms with E-state index in [0.717, 1.165) is 30.0 Å². The maximum absolute atomic E-state index is 13.6. The first kappa shape index (κ1) is 12.4. The Labute approximate surface area is 119 Å². The van der Waals surface area contributed by atoms with Crippen molar-refractivity contribution >= 4 is 11.0 Å². The number of fused-ring (bicyclic) bond motifs is 1. The third kappa shape index (κ3) is 1.90. The highest BCUT2D eigenvalue weighted by molar-refractivity contribution is 5.81. The fourth-order valence-corrected chi connectivity index (χ4v) is 2.60. The Morgan fingerprint density at radius 1 is 1.10 bits per heavy atom. The first-order valence-corrected chi connectivity index (χ1v) is 6.80. The highest BCUT2D eigenvalue weighted by atomic mass is 19.2. The Morgan fingerprint density at radius 3 is 2.52 bits per heavy atom. The number of imidazole rings is 1. The van der Waals surface area contributed by atoms with Gasteiger partial charge in [0.15, 0.2) is 11.6 Å². The van der Waals surface area contributed by atoms with Gasteiger partial charge in [-0.1, -0.05) is 0 Å². The molecule has 4 rings (SSSR count). The molecule has 1 saturated carbocycles. The summed E-state index contributed by atoms with van der Waals surface area (Å²) in [5, 5.41) is 7.73. The SMILES string of the molecule is Cc1cnncc1-c1nc2cc(F)c(F)cc2n1C1CC1. The minimum Gasteiger partial charge on any atom is -0.321 e. The Morgan fingerprint density at radius 2 is 1.81 bits per heavy atom. The van der Waals surface area contributed by atoms with Crippen molar-refractivity contribution in [3.63, 3.8) is 0 Å². The summed E-state index contributed by atoms with van der Waals surface area (Å²) in [6.07, 6.45) is 5.35. The zero-order chi connectivity index (χ0) is 14.6. The van der Waals surface area contributed by atoms with E-state index in [0.29, 0.717) is 22.9 Å². The molecule has 1 fully saturated rings. The Hall–Kier alpha value is -2.37. The van der Waals surface area contributed by atoms with E-state index in [1.807, 2.05) is 11.5 Å². The largest absolute Gasteiger partial charge is 0.321 e. The molecule has 0 bridgehead atoms. The van der Waals surface area contributed by atoms with Crippen LogP contribution in [0.25, 0.3) is 22.4 Å². The molecular formula is C15H12F2N4. The van der Waals surface area contributed by atoms with Crippen molar-refractivity contribution in [2.24, 2.45) is 0 Å². The molecule has 0 spiro atoms. The van der Waals surface area contributed by atoms with Gasteiger partial charge >= 0.3 is 0 Å². The van der Waals surface area contributed by atoms with Gasteiger partial charge in [-0.25, -0.2) is 13.8 Å². The molecule has 0 N–H and O–H groups in total. The molecule has 4 nitrogen and oxygen atoms in total. The normalized spacial score (nSPS) is 14.8. The fourth-order valence-electron chi connectivity index (χ4n) is 2.60. The summed E-state index contributed by atoms with van der Waals surface area (Å²) in [6.45, 7) is 1.92. The summed E-state index contributed by atoms with van der Waals surface area (Å²) in [4.78, 5) is 4.50. The van der Waals surface area contributed by atoms with Gasteiger partial charge in [-0.2, -0.15) is 10.2 Å². The molecule has 0 unspecified atom stereocenters. The minimum absolute atomic E-state index is 0.294. The molecule has 106 valence electrons. The van der Waals surface area contributed by atoms with Crippen molar-refractivity contribution in [2.45, 2.75) is 25.8 Å². The van der Waals surface area contributed by atoms with E-state index >= 15 is 0 Å². The molecule has 0 aliphatic heterocycles. The second-order valence-corrected chi connectivity index (χ2v) is 5.38. The van der Waals surface area contributed by atoms with Crippen LogP contribution in [0.2, 0.25) is 0 Å². The Kier molecular flexibility index (Phi) is 2.54. The van der Waals surface area contributed by atoms with Crippen molar-refractivity contribution in [3.05, 3.63) is 41.7 Å². The number of halogens is 2. The predicted molar refractivity (Wildman–Crippen MR) is 73.7 cm³/mol. The van der Waals surface area contributed by atoms with Gasteiger partial charge in [0, 0.05) is 23.7 Å². The topological polar surface area (TPSA) is 43.6 Å².